The first-order valence-corrected chi connectivity index (χ1v) is 4.41. The third-order valence-electron chi connectivity index (χ3n) is 1.22. The molecule has 1 rings (SSSR count). The van der Waals surface area contributed by atoms with E-state index in [1.165, 1.54) is 4.88 Å². The average molecular weight is 168 g/mol. The highest BCUT2D eigenvalue weighted by Crippen LogP contribution is 2.18. The van der Waals surface area contributed by atoms with Crippen molar-refractivity contribution >= 4 is 16.5 Å². The van der Waals surface area contributed by atoms with Gasteiger partial charge in [0.25, 0.3) is 0 Å². The minimum absolute atomic E-state index is 0.932. The Morgan fingerprint density at radius 3 is 3.00 bits per heavy atom. The van der Waals surface area contributed by atoms with E-state index in [1.54, 1.807) is 11.3 Å². The van der Waals surface area contributed by atoms with Crippen LogP contribution >= 0.6 is 11.3 Å². The van der Waals surface area contributed by atoms with Crippen molar-refractivity contribution in [2.75, 3.05) is 5.32 Å². The van der Waals surface area contributed by atoms with E-state index in [-0.39, 0.29) is 0 Å². The summed E-state index contributed by atoms with van der Waals surface area (Å²) in [7, 11) is 0. The molecule has 1 aromatic rings. The van der Waals surface area contributed by atoms with Gasteiger partial charge in [0, 0.05) is 16.8 Å². The van der Waals surface area contributed by atoms with Crippen LogP contribution in [-0.2, 0) is 6.42 Å². The number of thiazole rings is 1. The zero-order valence-corrected chi connectivity index (χ0v) is 7.66. The lowest BCUT2D eigenvalue weighted by molar-refractivity contribution is 1.17. The van der Waals surface area contributed by atoms with E-state index in [1.807, 2.05) is 13.1 Å². The second-order valence-corrected chi connectivity index (χ2v) is 3.51. The summed E-state index contributed by atoms with van der Waals surface area (Å²) in [4.78, 5) is 5.47. The van der Waals surface area contributed by atoms with Crippen LogP contribution in [0.3, 0.4) is 0 Å². The van der Waals surface area contributed by atoms with Crippen LogP contribution in [0.2, 0.25) is 0 Å². The molecule has 3 heteroatoms. The normalized spacial score (nSPS) is 9.64. The number of hydrogen-bond acceptors (Lipinski definition) is 3. The molecular weight excluding hydrogens is 156 g/mol. The van der Waals surface area contributed by atoms with Crippen LogP contribution in [-0.4, -0.2) is 4.98 Å². The van der Waals surface area contributed by atoms with Crippen molar-refractivity contribution in [1.29, 1.82) is 0 Å². The van der Waals surface area contributed by atoms with E-state index in [4.69, 9.17) is 0 Å². The van der Waals surface area contributed by atoms with Gasteiger partial charge in [-0.2, -0.15) is 0 Å². The number of hydrogen-bond donors (Lipinski definition) is 1. The molecule has 0 amide bonds. The molecule has 0 saturated carbocycles. The van der Waals surface area contributed by atoms with Crippen molar-refractivity contribution in [3.8, 4) is 0 Å². The lowest BCUT2D eigenvalue weighted by Gasteiger charge is -1.96. The standard InChI is InChI=1S/C8H12N2S/c1-4-7-5-9-8(11-7)10-6(2)3/h5H,2,4H2,1,3H3,(H,9,10). The first-order valence-electron chi connectivity index (χ1n) is 3.59. The van der Waals surface area contributed by atoms with Crippen molar-refractivity contribution in [2.45, 2.75) is 20.3 Å². The Bertz CT molecular complexity index is 252. The molecule has 0 atom stereocenters. The van der Waals surface area contributed by atoms with Gasteiger partial charge < -0.3 is 5.32 Å². The van der Waals surface area contributed by atoms with Crippen LogP contribution in [0, 0.1) is 0 Å². The highest BCUT2D eigenvalue weighted by atomic mass is 32.1. The average Bonchev–Trinajstić information content (AvgIpc) is 2.34. The van der Waals surface area contributed by atoms with E-state index in [0.29, 0.717) is 0 Å². The molecule has 1 aromatic heterocycles. The Labute approximate surface area is 71.0 Å². The summed E-state index contributed by atoms with van der Waals surface area (Å²) in [6, 6.07) is 0. The molecule has 0 saturated heterocycles. The lowest BCUT2D eigenvalue weighted by atomic mass is 10.4. The van der Waals surface area contributed by atoms with Crippen LogP contribution < -0.4 is 5.32 Å². The summed E-state index contributed by atoms with van der Waals surface area (Å²) in [6.07, 6.45) is 2.95. The van der Waals surface area contributed by atoms with Crippen molar-refractivity contribution < 1.29 is 0 Å². The molecule has 0 aromatic carbocycles. The smallest absolute Gasteiger partial charge is 0.187 e. The number of nitrogens with zero attached hydrogens (tertiary/aromatic N) is 1. The Morgan fingerprint density at radius 2 is 2.55 bits per heavy atom. The minimum Gasteiger partial charge on any atom is -0.336 e. The number of nitrogens with one attached hydrogen (secondary N) is 1. The molecule has 0 spiro atoms. The number of rotatable bonds is 3. The van der Waals surface area contributed by atoms with E-state index in [9.17, 15) is 0 Å². The quantitative estimate of drug-likeness (QED) is 0.750. The van der Waals surface area contributed by atoms with Gasteiger partial charge in [0.1, 0.15) is 0 Å². The van der Waals surface area contributed by atoms with Gasteiger partial charge in [-0.15, -0.1) is 11.3 Å². The zero-order chi connectivity index (χ0) is 8.27. The summed E-state index contributed by atoms with van der Waals surface area (Å²) in [6.45, 7) is 7.79. The fourth-order valence-electron chi connectivity index (χ4n) is 0.711. The van der Waals surface area contributed by atoms with Gasteiger partial charge >= 0.3 is 0 Å². The van der Waals surface area contributed by atoms with Crippen LogP contribution in [0.5, 0.6) is 0 Å². The summed E-state index contributed by atoms with van der Waals surface area (Å²) in [5, 5.41) is 4.01. The Hall–Kier alpha value is -0.830. The molecule has 1 N–H and O–H groups in total. The van der Waals surface area contributed by atoms with Gasteiger partial charge in [-0.25, -0.2) is 4.98 Å². The SMILES string of the molecule is C=C(C)Nc1ncc(CC)s1. The molecule has 0 fully saturated rings. The largest absolute Gasteiger partial charge is 0.336 e. The first kappa shape index (κ1) is 8.27. The molecule has 0 bridgehead atoms. The highest BCUT2D eigenvalue weighted by molar-refractivity contribution is 7.15. The van der Waals surface area contributed by atoms with E-state index in [0.717, 1.165) is 17.2 Å². The highest BCUT2D eigenvalue weighted by Gasteiger charge is 1.97. The van der Waals surface area contributed by atoms with Crippen LogP contribution in [0.1, 0.15) is 18.7 Å². The van der Waals surface area contributed by atoms with Gasteiger partial charge in [0.2, 0.25) is 0 Å². The van der Waals surface area contributed by atoms with Crippen molar-refractivity contribution in [3.05, 3.63) is 23.3 Å². The van der Waals surface area contributed by atoms with Crippen LogP contribution in [0.25, 0.3) is 0 Å². The molecule has 1 heterocycles. The minimum atomic E-state index is 0.932. The molecule has 0 aliphatic carbocycles. The van der Waals surface area contributed by atoms with E-state index < -0.39 is 0 Å². The van der Waals surface area contributed by atoms with Gasteiger partial charge in [-0.05, 0) is 13.3 Å². The van der Waals surface area contributed by atoms with Crippen LogP contribution in [0.15, 0.2) is 18.5 Å². The summed E-state index contributed by atoms with van der Waals surface area (Å²) in [5.41, 5.74) is 0.932. The van der Waals surface area contributed by atoms with Gasteiger partial charge in [0.05, 0.1) is 0 Å². The third-order valence-corrected chi connectivity index (χ3v) is 2.28. The maximum atomic E-state index is 4.17. The number of anilines is 1. The van der Waals surface area contributed by atoms with Crippen molar-refractivity contribution in [1.82, 2.24) is 4.98 Å². The summed E-state index contributed by atoms with van der Waals surface area (Å²) in [5.74, 6) is 0. The third kappa shape index (κ3) is 2.35. The van der Waals surface area contributed by atoms with E-state index >= 15 is 0 Å². The van der Waals surface area contributed by atoms with E-state index in [2.05, 4.69) is 23.8 Å². The maximum Gasteiger partial charge on any atom is 0.187 e. The maximum absolute atomic E-state index is 4.17. The topological polar surface area (TPSA) is 24.9 Å². The van der Waals surface area contributed by atoms with Gasteiger partial charge in [-0.1, -0.05) is 13.5 Å². The molecule has 0 aliphatic rings. The molecular formula is C8H12N2S. The monoisotopic (exact) mass is 168 g/mol. The molecule has 0 unspecified atom stereocenters. The molecule has 60 valence electrons. The summed E-state index contributed by atoms with van der Waals surface area (Å²) < 4.78 is 0. The fourth-order valence-corrected chi connectivity index (χ4v) is 1.54. The molecule has 0 aliphatic heterocycles. The van der Waals surface area contributed by atoms with Gasteiger partial charge in [0.15, 0.2) is 5.13 Å². The number of aryl methyl sites for hydroxylation is 1. The fraction of sp³-hybridized carbons (Fsp3) is 0.375. The Morgan fingerprint density at radius 1 is 1.82 bits per heavy atom. The second-order valence-electron chi connectivity index (χ2n) is 2.39. The number of aromatic nitrogens is 1. The van der Waals surface area contributed by atoms with Gasteiger partial charge in [-0.3, -0.25) is 0 Å². The molecule has 11 heavy (non-hydrogen) atoms. The number of allylic oxidation sites excluding steroid dienone is 1. The van der Waals surface area contributed by atoms with Crippen LogP contribution in [0.4, 0.5) is 5.13 Å². The predicted molar refractivity (Wildman–Crippen MR) is 49.9 cm³/mol. The lowest BCUT2D eigenvalue weighted by Crippen LogP contribution is -1.91. The Balaban J connectivity index is 2.65. The van der Waals surface area contributed by atoms with Crippen molar-refractivity contribution in [2.24, 2.45) is 0 Å². The zero-order valence-electron chi connectivity index (χ0n) is 6.85. The Kier molecular flexibility index (Phi) is 2.65. The predicted octanol–water partition coefficient (Wildman–Crippen LogP) is 2.65. The molecule has 0 radical (unpaired) electrons. The first-order chi connectivity index (χ1) is 5.22. The molecule has 2 nitrogen and oxygen atoms in total. The second kappa shape index (κ2) is 3.53. The summed E-state index contributed by atoms with van der Waals surface area (Å²) >= 11 is 1.68. The van der Waals surface area contributed by atoms with Crippen molar-refractivity contribution in [3.63, 3.8) is 0 Å².